The number of carbonyl (C=O) groups excluding carboxylic acids is 1. The number of aromatic carboxylic acids is 1. The summed E-state index contributed by atoms with van der Waals surface area (Å²) in [6, 6.07) is 0. The summed E-state index contributed by atoms with van der Waals surface area (Å²) >= 11 is 0. The Balaban J connectivity index is 0. The molecule has 0 atom stereocenters. The first-order valence-corrected chi connectivity index (χ1v) is 2.70. The second kappa shape index (κ2) is 6.94. The van der Waals surface area contributed by atoms with E-state index in [1.807, 2.05) is 0 Å². The Morgan fingerprint density at radius 2 is 2.08 bits per heavy atom. The number of nitrogens with zero attached hydrogens (tertiary/aromatic N) is 2. The van der Waals surface area contributed by atoms with Crippen molar-refractivity contribution >= 4 is 18.4 Å². The number of halogens is 1. The molecule has 0 N–H and O–H groups in total. The minimum atomic E-state index is -1.30. The molecule has 0 fully saturated rings. The maximum atomic E-state index is 10.1. The van der Waals surface area contributed by atoms with Crippen LogP contribution in [0.5, 0.6) is 0 Å². The van der Waals surface area contributed by atoms with Crippen molar-refractivity contribution in [1.29, 1.82) is 0 Å². The molecular weight excluding hydrogens is 207 g/mol. The Kier molecular flexibility index (Phi) is 8.65. The summed E-state index contributed by atoms with van der Waals surface area (Å²) in [6.07, 6.45) is 2.63. The summed E-state index contributed by atoms with van der Waals surface area (Å²) in [5, 5.41) is 10.1. The number of aryl methyl sites for hydroxylation is 1. The van der Waals surface area contributed by atoms with Crippen LogP contribution in [0.1, 0.15) is 16.2 Å². The van der Waals surface area contributed by atoms with Gasteiger partial charge in [-0.1, -0.05) is 0 Å². The van der Waals surface area contributed by atoms with E-state index < -0.39 is 5.97 Å². The Labute approximate surface area is 119 Å². The fraction of sp³-hybridized carbons (Fsp3) is 0.167. The molecule has 60 valence electrons. The van der Waals surface area contributed by atoms with Crippen molar-refractivity contribution in [3.8, 4) is 0 Å². The van der Waals surface area contributed by atoms with Gasteiger partial charge >= 0.3 is 51.4 Å². The molecule has 0 aliphatic heterocycles. The normalized spacial score (nSPS) is 7.75. The molecule has 12 heavy (non-hydrogen) atoms. The molecule has 0 aliphatic carbocycles. The van der Waals surface area contributed by atoms with Crippen molar-refractivity contribution < 1.29 is 61.3 Å². The molecule has 0 radical (unpaired) electrons. The average Bonchev–Trinajstić information content (AvgIpc) is 1.88. The number of rotatable bonds is 1. The first-order chi connectivity index (χ1) is 4.70. The van der Waals surface area contributed by atoms with Crippen molar-refractivity contribution in [2.75, 3.05) is 0 Å². The third-order valence-electron chi connectivity index (χ3n) is 0.964. The average molecular weight is 213 g/mol. The van der Waals surface area contributed by atoms with Gasteiger partial charge in [-0.3, -0.25) is 4.98 Å². The minimum absolute atomic E-state index is 0. The molecule has 0 spiro atoms. The summed E-state index contributed by atoms with van der Waals surface area (Å²) in [5.74, 6) is -1.30. The number of carbonyl (C=O) groups is 1. The van der Waals surface area contributed by atoms with Gasteiger partial charge in [0.25, 0.3) is 0 Å². The molecule has 1 aromatic rings. The maximum Gasteiger partial charge on any atom is 1.00 e. The van der Waals surface area contributed by atoms with Gasteiger partial charge in [0.1, 0.15) is 5.69 Å². The van der Waals surface area contributed by atoms with Gasteiger partial charge in [0.05, 0.1) is 17.9 Å². The Morgan fingerprint density at radius 3 is 2.42 bits per heavy atom. The summed E-state index contributed by atoms with van der Waals surface area (Å²) in [6.45, 7) is 1.67. The van der Waals surface area contributed by atoms with Gasteiger partial charge in [0.15, 0.2) is 0 Å². The van der Waals surface area contributed by atoms with Crippen LogP contribution in [0.15, 0.2) is 12.4 Å². The number of aromatic nitrogens is 2. The predicted octanol–water partition coefficient (Wildman–Crippen LogP) is -3.43. The predicted molar refractivity (Wildman–Crippen MR) is 38.3 cm³/mol. The van der Waals surface area contributed by atoms with Crippen molar-refractivity contribution in [2.45, 2.75) is 6.92 Å². The van der Waals surface area contributed by atoms with E-state index in [1.165, 1.54) is 6.20 Å². The number of hydrogen-bond acceptors (Lipinski definition) is 4. The van der Waals surface area contributed by atoms with Gasteiger partial charge in [0, 0.05) is 6.20 Å². The topological polar surface area (TPSA) is 65.9 Å². The Hall–Kier alpha value is 0.476. The summed E-state index contributed by atoms with van der Waals surface area (Å²) in [7, 11) is 0. The molecule has 6 heteroatoms. The molecule has 0 amide bonds. The second-order valence-corrected chi connectivity index (χ2v) is 1.83. The molecule has 1 rings (SSSR count). The standard InChI is InChI=1S/C6H6N2O2.ClH.K/c1-4-2-7-3-5(8-4)6(9)10;;/h2-3H,1H3,(H,9,10);1H;/q;;+1/p-1. The van der Waals surface area contributed by atoms with Crippen LogP contribution in [-0.2, 0) is 0 Å². The Morgan fingerprint density at radius 1 is 1.50 bits per heavy atom. The first kappa shape index (κ1) is 15.0. The molecule has 4 nitrogen and oxygen atoms in total. The fourth-order valence-corrected chi connectivity index (χ4v) is 0.562. The zero-order chi connectivity index (χ0) is 7.56. The van der Waals surface area contributed by atoms with Gasteiger partial charge in [-0.05, 0) is 6.92 Å². The largest absolute Gasteiger partial charge is 1.00 e. The van der Waals surface area contributed by atoms with Gasteiger partial charge in [-0.25, -0.2) is 4.98 Å². The van der Waals surface area contributed by atoms with Gasteiger partial charge < -0.3 is 9.90 Å². The summed E-state index contributed by atoms with van der Waals surface area (Å²) in [5.41, 5.74) is 0.446. The van der Waals surface area contributed by atoms with Gasteiger partial charge in [0.2, 0.25) is 0 Å². The molecule has 0 aliphatic rings. The molecule has 0 unspecified atom stereocenters. The SMILES string of the molecule is Cc1cncc(C(=O)[O-])n1.Cl.[K+]. The van der Waals surface area contributed by atoms with E-state index in [9.17, 15) is 9.90 Å². The van der Waals surface area contributed by atoms with Gasteiger partial charge in [-0.15, -0.1) is 12.4 Å². The third-order valence-corrected chi connectivity index (χ3v) is 0.964. The van der Waals surface area contributed by atoms with Gasteiger partial charge in [-0.2, -0.15) is 0 Å². The molecule has 0 saturated heterocycles. The van der Waals surface area contributed by atoms with Crippen LogP contribution < -0.4 is 56.5 Å². The van der Waals surface area contributed by atoms with E-state index in [0.29, 0.717) is 5.69 Å². The zero-order valence-electron chi connectivity index (χ0n) is 6.77. The van der Waals surface area contributed by atoms with E-state index in [2.05, 4.69) is 9.97 Å². The van der Waals surface area contributed by atoms with Crippen molar-refractivity contribution in [3.63, 3.8) is 0 Å². The van der Waals surface area contributed by atoms with Crippen LogP contribution in [0.2, 0.25) is 0 Å². The van der Waals surface area contributed by atoms with Crippen LogP contribution in [0, 0.1) is 6.92 Å². The van der Waals surface area contributed by atoms with Crippen LogP contribution in [0.4, 0.5) is 0 Å². The van der Waals surface area contributed by atoms with Crippen molar-refractivity contribution in [1.82, 2.24) is 9.97 Å². The molecular formula is C6H6ClKN2O2. The number of carboxylic acid groups (broad SMARTS) is 1. The van der Waals surface area contributed by atoms with E-state index in [-0.39, 0.29) is 69.5 Å². The van der Waals surface area contributed by atoms with Crippen molar-refractivity contribution in [3.05, 3.63) is 23.8 Å². The fourth-order valence-electron chi connectivity index (χ4n) is 0.562. The summed E-state index contributed by atoms with van der Waals surface area (Å²) in [4.78, 5) is 17.4. The van der Waals surface area contributed by atoms with Crippen LogP contribution in [0.3, 0.4) is 0 Å². The summed E-state index contributed by atoms with van der Waals surface area (Å²) < 4.78 is 0. The monoisotopic (exact) mass is 212 g/mol. The second-order valence-electron chi connectivity index (χ2n) is 1.83. The third kappa shape index (κ3) is 4.49. The number of hydrogen-bond donors (Lipinski definition) is 0. The van der Waals surface area contributed by atoms with Crippen LogP contribution in [-0.4, -0.2) is 15.9 Å². The quantitative estimate of drug-likeness (QED) is 0.455. The number of carboxylic acids is 1. The van der Waals surface area contributed by atoms with E-state index in [1.54, 1.807) is 6.92 Å². The van der Waals surface area contributed by atoms with E-state index in [0.717, 1.165) is 6.20 Å². The first-order valence-electron chi connectivity index (χ1n) is 2.70. The Bertz CT molecular complexity index is 269. The van der Waals surface area contributed by atoms with E-state index >= 15 is 0 Å². The molecule has 0 bridgehead atoms. The molecule has 0 aromatic carbocycles. The molecule has 1 aromatic heterocycles. The molecule has 1 heterocycles. The minimum Gasteiger partial charge on any atom is -0.543 e. The smallest absolute Gasteiger partial charge is 0.543 e. The zero-order valence-corrected chi connectivity index (χ0v) is 10.7. The van der Waals surface area contributed by atoms with Crippen LogP contribution >= 0.6 is 12.4 Å². The van der Waals surface area contributed by atoms with E-state index in [4.69, 9.17) is 0 Å². The van der Waals surface area contributed by atoms with Crippen molar-refractivity contribution in [2.24, 2.45) is 0 Å². The van der Waals surface area contributed by atoms with Crippen LogP contribution in [0.25, 0.3) is 0 Å². The molecule has 0 saturated carbocycles. The maximum absolute atomic E-state index is 10.1.